The molecule has 4 heteroatoms. The molecule has 0 saturated carbocycles. The smallest absolute Gasteiger partial charge is 0.0826 e. The summed E-state index contributed by atoms with van der Waals surface area (Å²) in [6, 6.07) is 0. The van der Waals surface area contributed by atoms with Crippen molar-refractivity contribution in [1.29, 1.82) is 0 Å². The van der Waals surface area contributed by atoms with Crippen LogP contribution in [-0.2, 0) is 0 Å². The number of nitrogens with one attached hydrogen (secondary N) is 1. The highest BCUT2D eigenvalue weighted by molar-refractivity contribution is 9.10. The van der Waals surface area contributed by atoms with Gasteiger partial charge in [-0.1, -0.05) is 0 Å². The molecular formula is C7H6BrN3. The number of nitrogens with zero attached hydrogens (tertiary/aromatic N) is 2. The number of hydrogen-bond acceptors (Lipinski definition) is 2. The Balaban J connectivity index is 2.96. The second-order valence-electron chi connectivity index (χ2n) is 2.35. The van der Waals surface area contributed by atoms with Gasteiger partial charge in [0.2, 0.25) is 0 Å². The second kappa shape index (κ2) is 2.30. The molecule has 0 fully saturated rings. The third-order valence-electron chi connectivity index (χ3n) is 1.64. The van der Waals surface area contributed by atoms with Crippen LogP contribution in [0.25, 0.3) is 10.9 Å². The van der Waals surface area contributed by atoms with E-state index in [4.69, 9.17) is 0 Å². The molecule has 56 valence electrons. The van der Waals surface area contributed by atoms with Gasteiger partial charge in [-0.25, -0.2) is 0 Å². The first-order chi connectivity index (χ1) is 5.29. The van der Waals surface area contributed by atoms with Gasteiger partial charge in [0.1, 0.15) is 0 Å². The highest BCUT2D eigenvalue weighted by Gasteiger charge is 2.02. The molecule has 2 aromatic rings. The van der Waals surface area contributed by atoms with Crippen molar-refractivity contribution in [2.75, 3.05) is 0 Å². The third kappa shape index (κ3) is 0.939. The average molecular weight is 212 g/mol. The van der Waals surface area contributed by atoms with Crippen LogP contribution in [-0.4, -0.2) is 15.2 Å². The van der Waals surface area contributed by atoms with Crippen molar-refractivity contribution < 1.29 is 0 Å². The van der Waals surface area contributed by atoms with E-state index < -0.39 is 0 Å². The van der Waals surface area contributed by atoms with Gasteiger partial charge >= 0.3 is 0 Å². The van der Waals surface area contributed by atoms with Crippen LogP contribution >= 0.6 is 15.9 Å². The summed E-state index contributed by atoms with van der Waals surface area (Å²) in [7, 11) is 0. The van der Waals surface area contributed by atoms with Crippen molar-refractivity contribution >= 4 is 26.8 Å². The molecule has 0 unspecified atom stereocenters. The van der Waals surface area contributed by atoms with Gasteiger partial charge in [-0.15, -0.1) is 0 Å². The molecule has 0 radical (unpaired) electrons. The third-order valence-corrected chi connectivity index (χ3v) is 2.24. The standard InChI is InChI=1S/C7H6BrN3/c1-4-5-2-10-11-7(5)6(8)3-9-4/h2-3H,1H3,(H,10,11). The number of aromatic nitrogens is 3. The van der Waals surface area contributed by atoms with E-state index in [0.29, 0.717) is 0 Å². The fraction of sp³-hybridized carbons (Fsp3) is 0.143. The maximum atomic E-state index is 4.17. The number of fused-ring (bicyclic) bond motifs is 1. The molecule has 2 rings (SSSR count). The molecule has 0 aliphatic rings. The summed E-state index contributed by atoms with van der Waals surface area (Å²) in [6.07, 6.45) is 3.55. The van der Waals surface area contributed by atoms with Gasteiger partial charge in [0, 0.05) is 17.3 Å². The molecule has 0 saturated heterocycles. The molecule has 0 atom stereocenters. The highest BCUT2D eigenvalue weighted by atomic mass is 79.9. The number of halogens is 1. The minimum Gasteiger partial charge on any atom is -0.277 e. The van der Waals surface area contributed by atoms with Gasteiger partial charge in [0.25, 0.3) is 0 Å². The Labute approximate surface area is 72.0 Å². The monoisotopic (exact) mass is 211 g/mol. The van der Waals surface area contributed by atoms with Gasteiger partial charge in [-0.3, -0.25) is 10.1 Å². The van der Waals surface area contributed by atoms with Gasteiger partial charge in [0.15, 0.2) is 0 Å². The fourth-order valence-electron chi connectivity index (χ4n) is 1.03. The molecule has 0 amide bonds. The van der Waals surface area contributed by atoms with Crippen molar-refractivity contribution in [2.24, 2.45) is 0 Å². The number of H-pyrrole nitrogens is 1. The SMILES string of the molecule is Cc1ncc(Br)c2[nH]ncc12. The topological polar surface area (TPSA) is 41.6 Å². The predicted octanol–water partition coefficient (Wildman–Crippen LogP) is 2.03. The number of aryl methyl sites for hydroxylation is 1. The van der Waals surface area contributed by atoms with Gasteiger partial charge < -0.3 is 0 Å². The first kappa shape index (κ1) is 6.79. The summed E-state index contributed by atoms with van der Waals surface area (Å²) in [6.45, 7) is 1.96. The van der Waals surface area contributed by atoms with Crippen LogP contribution in [0, 0.1) is 6.92 Å². The lowest BCUT2D eigenvalue weighted by molar-refractivity contribution is 1.12. The van der Waals surface area contributed by atoms with Crippen molar-refractivity contribution in [3.8, 4) is 0 Å². The van der Waals surface area contributed by atoms with Crippen LogP contribution in [0.4, 0.5) is 0 Å². The normalized spacial score (nSPS) is 10.7. The molecule has 0 aromatic carbocycles. The lowest BCUT2D eigenvalue weighted by atomic mass is 10.3. The molecule has 11 heavy (non-hydrogen) atoms. The fourth-order valence-corrected chi connectivity index (χ4v) is 1.43. The zero-order valence-corrected chi connectivity index (χ0v) is 7.51. The van der Waals surface area contributed by atoms with Crippen LogP contribution < -0.4 is 0 Å². The largest absolute Gasteiger partial charge is 0.277 e. The van der Waals surface area contributed by atoms with E-state index in [2.05, 4.69) is 31.1 Å². The Morgan fingerprint density at radius 3 is 3.00 bits per heavy atom. The Hall–Kier alpha value is -0.900. The van der Waals surface area contributed by atoms with Crippen LogP contribution in [0.5, 0.6) is 0 Å². The van der Waals surface area contributed by atoms with Gasteiger partial charge in [-0.2, -0.15) is 5.10 Å². The van der Waals surface area contributed by atoms with Gasteiger partial charge in [-0.05, 0) is 22.9 Å². The maximum absolute atomic E-state index is 4.17. The minimum absolute atomic E-state index is 0.954. The number of hydrogen-bond donors (Lipinski definition) is 1. The van der Waals surface area contributed by atoms with E-state index in [-0.39, 0.29) is 0 Å². The first-order valence-corrected chi connectivity index (χ1v) is 4.02. The van der Waals surface area contributed by atoms with E-state index in [9.17, 15) is 0 Å². The molecule has 3 nitrogen and oxygen atoms in total. The van der Waals surface area contributed by atoms with Gasteiger partial charge in [0.05, 0.1) is 16.2 Å². The second-order valence-corrected chi connectivity index (χ2v) is 3.20. The maximum Gasteiger partial charge on any atom is 0.0826 e. The Kier molecular flexibility index (Phi) is 1.42. The molecule has 0 aliphatic heterocycles. The van der Waals surface area contributed by atoms with Crippen LogP contribution in [0.15, 0.2) is 16.9 Å². The van der Waals surface area contributed by atoms with Crippen molar-refractivity contribution in [3.63, 3.8) is 0 Å². The molecule has 2 heterocycles. The predicted molar refractivity (Wildman–Crippen MR) is 46.3 cm³/mol. The van der Waals surface area contributed by atoms with E-state index in [1.165, 1.54) is 0 Å². The van der Waals surface area contributed by atoms with Crippen molar-refractivity contribution in [1.82, 2.24) is 15.2 Å². The first-order valence-electron chi connectivity index (χ1n) is 3.23. The summed E-state index contributed by atoms with van der Waals surface area (Å²) in [5.41, 5.74) is 2.01. The van der Waals surface area contributed by atoms with E-state index in [1.807, 2.05) is 6.92 Å². The van der Waals surface area contributed by atoms with Crippen LogP contribution in [0.3, 0.4) is 0 Å². The Morgan fingerprint density at radius 2 is 2.27 bits per heavy atom. The molecule has 0 aliphatic carbocycles. The molecule has 1 N–H and O–H groups in total. The Morgan fingerprint density at radius 1 is 1.45 bits per heavy atom. The summed E-state index contributed by atoms with van der Waals surface area (Å²) < 4.78 is 0.954. The molecule has 0 bridgehead atoms. The number of pyridine rings is 1. The molecule has 2 aromatic heterocycles. The molecular weight excluding hydrogens is 206 g/mol. The summed E-state index contributed by atoms with van der Waals surface area (Å²) >= 11 is 3.38. The minimum atomic E-state index is 0.954. The van der Waals surface area contributed by atoms with E-state index in [1.54, 1.807) is 12.4 Å². The Bertz CT molecular complexity index is 357. The van der Waals surface area contributed by atoms with Crippen LogP contribution in [0.2, 0.25) is 0 Å². The number of aromatic amines is 1. The zero-order valence-electron chi connectivity index (χ0n) is 5.93. The van der Waals surface area contributed by atoms with E-state index in [0.717, 1.165) is 21.1 Å². The summed E-state index contributed by atoms with van der Waals surface area (Å²) in [5.74, 6) is 0. The number of rotatable bonds is 0. The summed E-state index contributed by atoms with van der Waals surface area (Å²) in [5, 5.41) is 7.89. The zero-order chi connectivity index (χ0) is 7.84. The lowest BCUT2D eigenvalue weighted by Crippen LogP contribution is -1.81. The molecule has 0 spiro atoms. The summed E-state index contributed by atoms with van der Waals surface area (Å²) in [4.78, 5) is 4.17. The lowest BCUT2D eigenvalue weighted by Gasteiger charge is -1.94. The average Bonchev–Trinajstić information content (AvgIpc) is 2.45. The van der Waals surface area contributed by atoms with Crippen molar-refractivity contribution in [2.45, 2.75) is 6.92 Å². The highest BCUT2D eigenvalue weighted by Crippen LogP contribution is 2.21. The van der Waals surface area contributed by atoms with Crippen molar-refractivity contribution in [3.05, 3.63) is 22.6 Å². The quantitative estimate of drug-likeness (QED) is 0.725. The van der Waals surface area contributed by atoms with E-state index >= 15 is 0 Å². The van der Waals surface area contributed by atoms with Crippen LogP contribution in [0.1, 0.15) is 5.69 Å².